The maximum Gasteiger partial charge on any atom is 0.196 e. The van der Waals surface area contributed by atoms with Crippen LogP contribution in [0.3, 0.4) is 0 Å². The average molecular weight is 175 g/mol. The maximum atomic E-state index is 8.88. The predicted octanol–water partition coefficient (Wildman–Crippen LogP) is 1.22. The molecule has 1 heterocycles. The zero-order valence-corrected chi connectivity index (χ0v) is 6.88. The van der Waals surface area contributed by atoms with Crippen molar-refractivity contribution in [3.63, 3.8) is 0 Å². The van der Waals surface area contributed by atoms with Crippen LogP contribution in [0.15, 0.2) is 36.5 Å². The van der Waals surface area contributed by atoms with Crippen LogP contribution in [0.1, 0.15) is 12.0 Å². The van der Waals surface area contributed by atoms with Gasteiger partial charge in [-0.15, -0.1) is 0 Å². The molecule has 66 valence electrons. The topological polar surface area (TPSA) is 53.4 Å². The van der Waals surface area contributed by atoms with Crippen LogP contribution in [0.4, 0.5) is 0 Å². The van der Waals surface area contributed by atoms with Gasteiger partial charge in [0.15, 0.2) is 6.29 Å². The van der Waals surface area contributed by atoms with Crippen molar-refractivity contribution in [2.45, 2.75) is 6.29 Å². The number of hydrogen-bond acceptors (Lipinski definition) is 3. The molecule has 3 nitrogen and oxygen atoms in total. The van der Waals surface area contributed by atoms with Gasteiger partial charge in [0.25, 0.3) is 0 Å². The number of aliphatic hydroxyl groups is 2. The SMILES string of the molecule is OC(O)c1cc2ccccc2cn1. The van der Waals surface area contributed by atoms with E-state index in [1.807, 2.05) is 24.3 Å². The number of aliphatic hydroxyl groups excluding tert-OH is 1. The van der Waals surface area contributed by atoms with Gasteiger partial charge in [0.05, 0.1) is 5.69 Å². The number of aromatic nitrogens is 1. The lowest BCUT2D eigenvalue weighted by Crippen LogP contribution is -1.97. The van der Waals surface area contributed by atoms with Gasteiger partial charge in [-0.25, -0.2) is 0 Å². The molecule has 0 aliphatic carbocycles. The molecular weight excluding hydrogens is 166 g/mol. The van der Waals surface area contributed by atoms with E-state index in [0.29, 0.717) is 0 Å². The maximum absolute atomic E-state index is 8.88. The Balaban J connectivity index is 2.62. The second-order valence-corrected chi connectivity index (χ2v) is 2.83. The third-order valence-electron chi connectivity index (χ3n) is 1.92. The monoisotopic (exact) mass is 175 g/mol. The van der Waals surface area contributed by atoms with Crippen molar-refractivity contribution in [2.24, 2.45) is 0 Å². The summed E-state index contributed by atoms with van der Waals surface area (Å²) in [7, 11) is 0. The molecule has 2 aromatic rings. The molecule has 0 aliphatic rings. The first-order chi connectivity index (χ1) is 6.27. The molecule has 1 aromatic carbocycles. The molecule has 3 heteroatoms. The smallest absolute Gasteiger partial charge is 0.196 e. The summed E-state index contributed by atoms with van der Waals surface area (Å²) in [4.78, 5) is 3.91. The largest absolute Gasteiger partial charge is 0.363 e. The molecule has 0 radical (unpaired) electrons. The van der Waals surface area contributed by atoms with E-state index in [9.17, 15) is 0 Å². The van der Waals surface area contributed by atoms with Crippen LogP contribution in [0.5, 0.6) is 0 Å². The second-order valence-electron chi connectivity index (χ2n) is 2.83. The standard InChI is InChI=1S/C10H9NO2/c12-10(13)9-5-7-3-1-2-4-8(7)6-11-9/h1-6,10,12-13H. The molecule has 0 amide bonds. The van der Waals surface area contributed by atoms with Crippen molar-refractivity contribution in [2.75, 3.05) is 0 Å². The molecule has 2 rings (SSSR count). The van der Waals surface area contributed by atoms with E-state index in [1.165, 1.54) is 0 Å². The Bertz CT molecular complexity index is 426. The van der Waals surface area contributed by atoms with Gasteiger partial charge in [-0.2, -0.15) is 0 Å². The Labute approximate surface area is 75.3 Å². The normalized spacial score (nSPS) is 11.0. The minimum atomic E-state index is -1.50. The fourth-order valence-electron chi connectivity index (χ4n) is 1.24. The Kier molecular flexibility index (Phi) is 1.96. The van der Waals surface area contributed by atoms with E-state index in [1.54, 1.807) is 12.3 Å². The van der Waals surface area contributed by atoms with Crippen molar-refractivity contribution >= 4 is 10.8 Å². The number of hydrogen-bond donors (Lipinski definition) is 2. The summed E-state index contributed by atoms with van der Waals surface area (Å²) in [6.45, 7) is 0. The van der Waals surface area contributed by atoms with E-state index in [2.05, 4.69) is 4.98 Å². The van der Waals surface area contributed by atoms with E-state index in [4.69, 9.17) is 10.2 Å². The summed E-state index contributed by atoms with van der Waals surface area (Å²) in [6, 6.07) is 9.31. The molecule has 0 atom stereocenters. The Morgan fingerprint density at radius 3 is 2.46 bits per heavy atom. The summed E-state index contributed by atoms with van der Waals surface area (Å²) < 4.78 is 0. The molecule has 0 saturated heterocycles. The number of rotatable bonds is 1. The molecule has 0 unspecified atom stereocenters. The van der Waals surface area contributed by atoms with Crippen LogP contribution in [0, 0.1) is 0 Å². The van der Waals surface area contributed by atoms with Crippen LogP contribution in [0.2, 0.25) is 0 Å². The number of benzene rings is 1. The summed E-state index contributed by atoms with van der Waals surface area (Å²) >= 11 is 0. The van der Waals surface area contributed by atoms with Gasteiger partial charge in [-0.05, 0) is 11.5 Å². The first-order valence-electron chi connectivity index (χ1n) is 3.98. The highest BCUT2D eigenvalue weighted by Crippen LogP contribution is 2.15. The molecule has 0 spiro atoms. The van der Waals surface area contributed by atoms with Crippen LogP contribution in [-0.2, 0) is 0 Å². The highest BCUT2D eigenvalue weighted by Gasteiger charge is 2.03. The third kappa shape index (κ3) is 1.52. The molecule has 13 heavy (non-hydrogen) atoms. The lowest BCUT2D eigenvalue weighted by atomic mass is 10.1. The van der Waals surface area contributed by atoms with E-state index >= 15 is 0 Å². The minimum absolute atomic E-state index is 0.277. The van der Waals surface area contributed by atoms with Gasteiger partial charge < -0.3 is 10.2 Å². The van der Waals surface area contributed by atoms with E-state index < -0.39 is 6.29 Å². The predicted molar refractivity (Wildman–Crippen MR) is 48.9 cm³/mol. The van der Waals surface area contributed by atoms with Crippen molar-refractivity contribution in [1.29, 1.82) is 0 Å². The average Bonchev–Trinajstić information content (AvgIpc) is 2.17. The Morgan fingerprint density at radius 2 is 1.77 bits per heavy atom. The zero-order valence-electron chi connectivity index (χ0n) is 6.88. The molecular formula is C10H9NO2. The van der Waals surface area contributed by atoms with Crippen LogP contribution in [-0.4, -0.2) is 15.2 Å². The summed E-state index contributed by atoms with van der Waals surface area (Å²) in [5, 5.41) is 19.7. The van der Waals surface area contributed by atoms with Crippen molar-refractivity contribution in [3.05, 3.63) is 42.2 Å². The Morgan fingerprint density at radius 1 is 1.08 bits per heavy atom. The number of pyridine rings is 1. The first kappa shape index (κ1) is 8.16. The molecule has 0 bridgehead atoms. The molecule has 2 N–H and O–H groups in total. The van der Waals surface area contributed by atoms with Gasteiger partial charge in [0.2, 0.25) is 0 Å². The van der Waals surface area contributed by atoms with Gasteiger partial charge in [-0.1, -0.05) is 24.3 Å². The van der Waals surface area contributed by atoms with Crippen LogP contribution in [0.25, 0.3) is 10.8 Å². The van der Waals surface area contributed by atoms with Crippen LogP contribution >= 0.6 is 0 Å². The fourth-order valence-corrected chi connectivity index (χ4v) is 1.24. The highest BCUT2D eigenvalue weighted by atomic mass is 16.5. The van der Waals surface area contributed by atoms with Gasteiger partial charge >= 0.3 is 0 Å². The lowest BCUT2D eigenvalue weighted by molar-refractivity contribution is -0.0457. The summed E-state index contributed by atoms with van der Waals surface area (Å²) in [6.07, 6.45) is 0.133. The molecule has 0 saturated carbocycles. The third-order valence-corrected chi connectivity index (χ3v) is 1.92. The quantitative estimate of drug-likeness (QED) is 0.641. The number of fused-ring (bicyclic) bond motifs is 1. The van der Waals surface area contributed by atoms with Crippen molar-refractivity contribution in [3.8, 4) is 0 Å². The Hall–Kier alpha value is -1.45. The molecule has 0 fully saturated rings. The number of nitrogens with zero attached hydrogens (tertiary/aromatic N) is 1. The summed E-state index contributed by atoms with van der Waals surface area (Å²) in [5.74, 6) is 0. The molecule has 0 aliphatic heterocycles. The van der Waals surface area contributed by atoms with Gasteiger partial charge in [0, 0.05) is 11.6 Å². The first-order valence-corrected chi connectivity index (χ1v) is 3.98. The second kappa shape index (κ2) is 3.12. The molecule has 1 aromatic heterocycles. The van der Waals surface area contributed by atoms with Gasteiger partial charge in [0.1, 0.15) is 0 Å². The van der Waals surface area contributed by atoms with Crippen molar-refractivity contribution in [1.82, 2.24) is 4.98 Å². The summed E-state index contributed by atoms with van der Waals surface area (Å²) in [5.41, 5.74) is 0.277. The lowest BCUT2D eigenvalue weighted by Gasteiger charge is -2.03. The highest BCUT2D eigenvalue weighted by molar-refractivity contribution is 5.81. The van der Waals surface area contributed by atoms with Crippen molar-refractivity contribution < 1.29 is 10.2 Å². The zero-order chi connectivity index (χ0) is 9.26. The minimum Gasteiger partial charge on any atom is -0.363 e. The fraction of sp³-hybridized carbons (Fsp3) is 0.100. The van der Waals surface area contributed by atoms with Crippen LogP contribution < -0.4 is 0 Å². The van der Waals surface area contributed by atoms with E-state index in [0.717, 1.165) is 10.8 Å². The van der Waals surface area contributed by atoms with Gasteiger partial charge in [-0.3, -0.25) is 4.98 Å². The van der Waals surface area contributed by atoms with E-state index in [-0.39, 0.29) is 5.69 Å².